The summed E-state index contributed by atoms with van der Waals surface area (Å²) in [5, 5.41) is 4.56. The number of carbonyl (C=O) groups is 2. The first kappa shape index (κ1) is 12.4. The van der Waals surface area contributed by atoms with Crippen molar-refractivity contribution >= 4 is 28.3 Å². The van der Waals surface area contributed by atoms with Gasteiger partial charge in [0, 0.05) is 17.3 Å². The van der Waals surface area contributed by atoms with E-state index in [1.807, 2.05) is 0 Å². The zero-order valence-electron chi connectivity index (χ0n) is 9.11. The Morgan fingerprint density at radius 1 is 1.56 bits per heavy atom. The summed E-state index contributed by atoms with van der Waals surface area (Å²) in [6.45, 7) is 3.43. The first-order valence-corrected chi connectivity index (χ1v) is 5.50. The quantitative estimate of drug-likeness (QED) is 0.695. The van der Waals surface area contributed by atoms with Crippen molar-refractivity contribution in [2.45, 2.75) is 25.8 Å². The van der Waals surface area contributed by atoms with Crippen LogP contribution in [-0.4, -0.2) is 22.3 Å². The first-order chi connectivity index (χ1) is 7.30. The Kier molecular flexibility index (Phi) is 3.48. The molecule has 0 saturated carbocycles. The van der Waals surface area contributed by atoms with E-state index in [-0.39, 0.29) is 18.0 Å². The Hall–Kier alpha value is -1.63. The molecule has 1 aromatic heterocycles. The number of nitrogens with one attached hydrogen (secondary N) is 1. The highest BCUT2D eigenvalue weighted by molar-refractivity contribution is 7.13. The van der Waals surface area contributed by atoms with E-state index >= 15 is 0 Å². The van der Waals surface area contributed by atoms with Gasteiger partial charge in [-0.15, -0.1) is 11.3 Å². The molecule has 0 aliphatic carbocycles. The molecule has 88 valence electrons. The minimum atomic E-state index is -0.693. The summed E-state index contributed by atoms with van der Waals surface area (Å²) in [6, 6.07) is 0. The van der Waals surface area contributed by atoms with E-state index in [9.17, 15) is 9.59 Å². The van der Waals surface area contributed by atoms with E-state index in [1.54, 1.807) is 19.2 Å². The van der Waals surface area contributed by atoms with Crippen LogP contribution < -0.4 is 16.8 Å². The van der Waals surface area contributed by atoms with Gasteiger partial charge in [0.15, 0.2) is 5.13 Å². The van der Waals surface area contributed by atoms with Crippen molar-refractivity contribution in [2.24, 2.45) is 5.73 Å². The summed E-state index contributed by atoms with van der Waals surface area (Å²) in [6.07, 6.45) is 0.0678. The van der Waals surface area contributed by atoms with Gasteiger partial charge in [0.2, 0.25) is 5.91 Å². The Morgan fingerprint density at radius 2 is 2.19 bits per heavy atom. The van der Waals surface area contributed by atoms with Crippen molar-refractivity contribution in [1.29, 1.82) is 0 Å². The van der Waals surface area contributed by atoms with Crippen LogP contribution in [0, 0.1) is 0 Å². The fraction of sp³-hybridized carbons (Fsp3) is 0.444. The molecule has 1 aromatic rings. The predicted molar refractivity (Wildman–Crippen MR) is 61.9 cm³/mol. The molecule has 0 aliphatic heterocycles. The zero-order chi connectivity index (χ0) is 12.3. The molecular weight excluding hydrogens is 228 g/mol. The number of thiazole rings is 1. The minimum Gasteiger partial charge on any atom is -0.375 e. The van der Waals surface area contributed by atoms with Crippen LogP contribution in [0.2, 0.25) is 0 Å². The maximum Gasteiger partial charge on any atom is 0.271 e. The highest BCUT2D eigenvalue weighted by Gasteiger charge is 2.24. The van der Waals surface area contributed by atoms with Gasteiger partial charge in [0.25, 0.3) is 5.91 Å². The van der Waals surface area contributed by atoms with Crippen molar-refractivity contribution in [1.82, 2.24) is 10.3 Å². The number of hydrogen-bond acceptors (Lipinski definition) is 5. The molecule has 16 heavy (non-hydrogen) atoms. The van der Waals surface area contributed by atoms with Crippen molar-refractivity contribution in [2.75, 3.05) is 5.73 Å². The summed E-state index contributed by atoms with van der Waals surface area (Å²) in [7, 11) is 0. The van der Waals surface area contributed by atoms with Crippen LogP contribution in [0.15, 0.2) is 5.38 Å². The number of amides is 2. The van der Waals surface area contributed by atoms with E-state index < -0.39 is 11.4 Å². The van der Waals surface area contributed by atoms with Gasteiger partial charge in [-0.2, -0.15) is 0 Å². The Morgan fingerprint density at radius 3 is 2.62 bits per heavy atom. The number of primary amides is 1. The molecule has 1 rings (SSSR count). The summed E-state index contributed by atoms with van der Waals surface area (Å²) in [5.74, 6) is -0.831. The number of hydrogen-bond donors (Lipinski definition) is 3. The molecule has 2 amide bonds. The number of aromatic nitrogens is 1. The van der Waals surface area contributed by atoms with Crippen LogP contribution >= 0.6 is 11.3 Å². The fourth-order valence-electron chi connectivity index (χ4n) is 1.24. The van der Waals surface area contributed by atoms with Crippen molar-refractivity contribution in [3.8, 4) is 0 Å². The highest BCUT2D eigenvalue weighted by atomic mass is 32.1. The molecule has 0 saturated heterocycles. The lowest BCUT2D eigenvalue weighted by atomic mass is 10.0. The molecule has 0 aliphatic rings. The molecule has 7 heteroatoms. The summed E-state index contributed by atoms with van der Waals surface area (Å²) < 4.78 is 0. The standard InChI is InChI=1S/C9H14N4O2S/c1-9(2,3-6(10)14)13-7(15)5-4-16-8(11)12-5/h4H,3H2,1-2H3,(H2,10,14)(H2,11,12)(H,13,15). The molecule has 5 N–H and O–H groups in total. The topological polar surface area (TPSA) is 111 Å². The number of nitrogen functional groups attached to an aromatic ring is 1. The van der Waals surface area contributed by atoms with Gasteiger partial charge in [-0.3, -0.25) is 9.59 Å². The largest absolute Gasteiger partial charge is 0.375 e. The Bertz CT molecular complexity index is 413. The molecule has 1 heterocycles. The minimum absolute atomic E-state index is 0.0678. The molecule has 0 spiro atoms. The molecule has 0 fully saturated rings. The molecule has 0 aromatic carbocycles. The molecule has 0 radical (unpaired) electrons. The number of nitrogens with two attached hydrogens (primary N) is 2. The number of rotatable bonds is 4. The van der Waals surface area contributed by atoms with Gasteiger partial charge in [-0.05, 0) is 13.8 Å². The van der Waals surface area contributed by atoms with Crippen LogP contribution in [-0.2, 0) is 4.79 Å². The smallest absolute Gasteiger partial charge is 0.271 e. The summed E-state index contributed by atoms with van der Waals surface area (Å²) in [4.78, 5) is 26.3. The van der Waals surface area contributed by atoms with Gasteiger partial charge < -0.3 is 16.8 Å². The van der Waals surface area contributed by atoms with Crippen molar-refractivity contribution < 1.29 is 9.59 Å². The molecule has 6 nitrogen and oxygen atoms in total. The van der Waals surface area contributed by atoms with Gasteiger partial charge >= 0.3 is 0 Å². The average Bonchev–Trinajstić information content (AvgIpc) is 2.47. The highest BCUT2D eigenvalue weighted by Crippen LogP contribution is 2.13. The van der Waals surface area contributed by atoms with Crippen LogP contribution in [0.25, 0.3) is 0 Å². The number of anilines is 1. The van der Waals surface area contributed by atoms with E-state index in [0.29, 0.717) is 5.13 Å². The van der Waals surface area contributed by atoms with Crippen LogP contribution in [0.4, 0.5) is 5.13 Å². The first-order valence-electron chi connectivity index (χ1n) is 4.62. The third kappa shape index (κ3) is 3.50. The summed E-state index contributed by atoms with van der Waals surface area (Å²) in [5.41, 5.74) is 10.0. The lowest BCUT2D eigenvalue weighted by Gasteiger charge is -2.24. The van der Waals surface area contributed by atoms with Crippen LogP contribution in [0.3, 0.4) is 0 Å². The maximum absolute atomic E-state index is 11.7. The lowest BCUT2D eigenvalue weighted by molar-refractivity contribution is -0.119. The third-order valence-electron chi connectivity index (χ3n) is 1.82. The van der Waals surface area contributed by atoms with Gasteiger partial charge in [0.1, 0.15) is 5.69 Å². The van der Waals surface area contributed by atoms with Gasteiger partial charge in [0.05, 0.1) is 0 Å². The van der Waals surface area contributed by atoms with Gasteiger partial charge in [-0.1, -0.05) is 0 Å². The molecule has 0 atom stereocenters. The zero-order valence-corrected chi connectivity index (χ0v) is 9.93. The number of nitrogens with zero attached hydrogens (tertiary/aromatic N) is 1. The van der Waals surface area contributed by atoms with Gasteiger partial charge in [-0.25, -0.2) is 4.98 Å². The second kappa shape index (κ2) is 4.48. The SMILES string of the molecule is CC(C)(CC(N)=O)NC(=O)c1csc(N)n1. The van der Waals surface area contributed by atoms with Crippen molar-refractivity contribution in [3.05, 3.63) is 11.1 Å². The normalized spacial score (nSPS) is 11.1. The monoisotopic (exact) mass is 242 g/mol. The Labute approximate surface area is 97.0 Å². The maximum atomic E-state index is 11.7. The second-order valence-electron chi connectivity index (χ2n) is 4.05. The average molecular weight is 242 g/mol. The third-order valence-corrected chi connectivity index (χ3v) is 2.50. The van der Waals surface area contributed by atoms with E-state index in [1.165, 1.54) is 11.3 Å². The lowest BCUT2D eigenvalue weighted by Crippen LogP contribution is -2.46. The van der Waals surface area contributed by atoms with E-state index in [0.717, 1.165) is 0 Å². The molecule has 0 bridgehead atoms. The van der Waals surface area contributed by atoms with E-state index in [2.05, 4.69) is 10.3 Å². The summed E-state index contributed by atoms with van der Waals surface area (Å²) >= 11 is 1.19. The predicted octanol–water partition coefficient (Wildman–Crippen LogP) is 0.109. The second-order valence-corrected chi connectivity index (χ2v) is 4.94. The van der Waals surface area contributed by atoms with Crippen LogP contribution in [0.1, 0.15) is 30.8 Å². The molecule has 0 unspecified atom stereocenters. The van der Waals surface area contributed by atoms with Crippen LogP contribution in [0.5, 0.6) is 0 Å². The molecular formula is C9H14N4O2S. The number of carbonyl (C=O) groups excluding carboxylic acids is 2. The van der Waals surface area contributed by atoms with Crippen molar-refractivity contribution in [3.63, 3.8) is 0 Å². The Balaban J connectivity index is 2.67. The van der Waals surface area contributed by atoms with E-state index in [4.69, 9.17) is 11.5 Å². The fourth-order valence-corrected chi connectivity index (χ4v) is 1.79.